The van der Waals surface area contributed by atoms with Crippen LogP contribution in [0.3, 0.4) is 0 Å². The summed E-state index contributed by atoms with van der Waals surface area (Å²) in [6, 6.07) is 4.52. The van der Waals surface area contributed by atoms with Crippen LogP contribution in [0.4, 0.5) is 5.95 Å². The van der Waals surface area contributed by atoms with Gasteiger partial charge in [0, 0.05) is 5.56 Å². The van der Waals surface area contributed by atoms with Crippen LogP contribution in [0.1, 0.15) is 10.4 Å². The van der Waals surface area contributed by atoms with Crippen molar-refractivity contribution in [1.29, 1.82) is 0 Å². The highest BCUT2D eigenvalue weighted by atomic mass is 35.5. The fraction of sp³-hybridized carbons (Fsp3) is 0. The molecule has 0 fully saturated rings. The first kappa shape index (κ1) is 14.1. The number of amides is 1. The summed E-state index contributed by atoms with van der Waals surface area (Å²) in [5.74, 6) is -0.379. The molecule has 9 heteroatoms. The Morgan fingerprint density at radius 3 is 2.71 bits per heavy atom. The van der Waals surface area contributed by atoms with Gasteiger partial charge >= 0.3 is 0 Å². The van der Waals surface area contributed by atoms with Gasteiger partial charge in [-0.05, 0) is 18.2 Å². The van der Waals surface area contributed by atoms with Gasteiger partial charge in [0.05, 0.1) is 16.4 Å². The maximum Gasteiger partial charge on any atom is 0.258 e. The van der Waals surface area contributed by atoms with Crippen LogP contribution >= 0.6 is 34.8 Å². The third-order valence-corrected chi connectivity index (χ3v) is 3.66. The molecule has 0 radical (unpaired) electrons. The fourth-order valence-electron chi connectivity index (χ4n) is 1.66. The molecule has 0 atom stereocenters. The molecule has 3 rings (SSSR count). The monoisotopic (exact) mass is 341 g/mol. The van der Waals surface area contributed by atoms with Gasteiger partial charge in [0.25, 0.3) is 5.91 Å². The predicted molar refractivity (Wildman–Crippen MR) is 81.1 cm³/mol. The average molecular weight is 343 g/mol. The van der Waals surface area contributed by atoms with Crippen LogP contribution in [0.5, 0.6) is 0 Å². The zero-order valence-corrected chi connectivity index (χ0v) is 12.5. The van der Waals surface area contributed by atoms with Crippen molar-refractivity contribution in [3.63, 3.8) is 0 Å². The van der Waals surface area contributed by atoms with Crippen LogP contribution in [-0.2, 0) is 0 Å². The molecule has 0 saturated heterocycles. The third-order valence-electron chi connectivity index (χ3n) is 2.65. The van der Waals surface area contributed by atoms with E-state index in [1.807, 2.05) is 0 Å². The number of fused-ring (bicyclic) bond motifs is 1. The summed E-state index contributed by atoms with van der Waals surface area (Å²) < 4.78 is 0. The van der Waals surface area contributed by atoms with Crippen LogP contribution in [0, 0.1) is 0 Å². The summed E-state index contributed by atoms with van der Waals surface area (Å²) in [6.45, 7) is 0. The van der Waals surface area contributed by atoms with Crippen LogP contribution in [0.2, 0.25) is 15.2 Å². The summed E-state index contributed by atoms with van der Waals surface area (Å²) in [5, 5.41) is 3.34. The van der Waals surface area contributed by atoms with Crippen molar-refractivity contribution in [2.45, 2.75) is 0 Å². The maximum atomic E-state index is 12.1. The van der Waals surface area contributed by atoms with Gasteiger partial charge in [0.1, 0.15) is 5.52 Å². The molecule has 2 aromatic heterocycles. The zero-order valence-electron chi connectivity index (χ0n) is 10.2. The standard InChI is InChI=1S/C12H6Cl3N5O/c13-6-2-1-5(3-7(6)14)11(21)20-12-18-9(15)8-10(19-12)17-4-16-8/h1-4H,(H2,16,17,18,19,20,21). The Bertz CT molecular complexity index is 848. The molecule has 1 amide bonds. The lowest BCUT2D eigenvalue weighted by atomic mass is 10.2. The number of imidazole rings is 1. The van der Waals surface area contributed by atoms with Gasteiger partial charge in [-0.3, -0.25) is 10.1 Å². The lowest BCUT2D eigenvalue weighted by molar-refractivity contribution is 0.102. The normalized spacial score (nSPS) is 10.8. The van der Waals surface area contributed by atoms with E-state index in [0.29, 0.717) is 21.7 Å². The Morgan fingerprint density at radius 2 is 1.95 bits per heavy atom. The second kappa shape index (κ2) is 5.48. The first-order chi connectivity index (χ1) is 10.0. The molecule has 0 spiro atoms. The van der Waals surface area contributed by atoms with Crippen molar-refractivity contribution in [3.05, 3.63) is 45.3 Å². The number of hydrogen-bond donors (Lipinski definition) is 2. The molecule has 0 aliphatic rings. The van der Waals surface area contributed by atoms with Crippen molar-refractivity contribution in [2.75, 3.05) is 5.32 Å². The molecule has 0 unspecified atom stereocenters. The van der Waals surface area contributed by atoms with Gasteiger partial charge in [-0.25, -0.2) is 4.98 Å². The number of aromatic amines is 1. The van der Waals surface area contributed by atoms with E-state index in [4.69, 9.17) is 34.8 Å². The van der Waals surface area contributed by atoms with Crippen LogP contribution in [0.25, 0.3) is 11.2 Å². The van der Waals surface area contributed by atoms with E-state index in [1.54, 1.807) is 0 Å². The molecule has 2 N–H and O–H groups in total. The van der Waals surface area contributed by atoms with Crippen molar-refractivity contribution < 1.29 is 4.79 Å². The number of nitrogens with zero attached hydrogens (tertiary/aromatic N) is 3. The highest BCUT2D eigenvalue weighted by molar-refractivity contribution is 6.42. The Kier molecular flexibility index (Phi) is 3.67. The molecule has 21 heavy (non-hydrogen) atoms. The first-order valence-electron chi connectivity index (χ1n) is 5.67. The van der Waals surface area contributed by atoms with Crippen molar-refractivity contribution >= 4 is 57.8 Å². The number of rotatable bonds is 2. The summed E-state index contributed by atoms with van der Waals surface area (Å²) in [7, 11) is 0. The Morgan fingerprint density at radius 1 is 1.14 bits per heavy atom. The molecule has 3 aromatic rings. The second-order valence-corrected chi connectivity index (χ2v) is 5.19. The Balaban J connectivity index is 1.90. The van der Waals surface area contributed by atoms with E-state index in [0.717, 1.165) is 0 Å². The highest BCUT2D eigenvalue weighted by Crippen LogP contribution is 2.23. The van der Waals surface area contributed by atoms with Crippen molar-refractivity contribution in [1.82, 2.24) is 19.9 Å². The second-order valence-electron chi connectivity index (χ2n) is 4.02. The number of hydrogen-bond acceptors (Lipinski definition) is 4. The van der Waals surface area contributed by atoms with Gasteiger partial charge < -0.3 is 4.98 Å². The SMILES string of the molecule is O=C(Nc1nc(Cl)c2[nH]cnc2n1)c1ccc(Cl)c(Cl)c1. The largest absolute Gasteiger partial charge is 0.341 e. The minimum atomic E-state index is -0.431. The number of aromatic nitrogens is 4. The molecule has 0 aliphatic heterocycles. The third kappa shape index (κ3) is 2.78. The van der Waals surface area contributed by atoms with Crippen molar-refractivity contribution in [3.8, 4) is 0 Å². The molecule has 6 nitrogen and oxygen atoms in total. The van der Waals surface area contributed by atoms with Gasteiger partial charge in [0.2, 0.25) is 5.95 Å². The Hall–Kier alpha value is -1.89. The van der Waals surface area contributed by atoms with Crippen LogP contribution in [-0.4, -0.2) is 25.8 Å². The smallest absolute Gasteiger partial charge is 0.258 e. The fourth-order valence-corrected chi connectivity index (χ4v) is 2.18. The maximum absolute atomic E-state index is 12.1. The lowest BCUT2D eigenvalue weighted by Gasteiger charge is -2.05. The summed E-state index contributed by atoms with van der Waals surface area (Å²) >= 11 is 17.6. The molecule has 1 aromatic carbocycles. The number of nitrogens with one attached hydrogen (secondary N) is 2. The zero-order chi connectivity index (χ0) is 15.0. The van der Waals surface area contributed by atoms with E-state index >= 15 is 0 Å². The van der Waals surface area contributed by atoms with Gasteiger partial charge in [-0.15, -0.1) is 0 Å². The van der Waals surface area contributed by atoms with E-state index < -0.39 is 5.91 Å². The molecular weight excluding hydrogens is 337 g/mol. The minimum absolute atomic E-state index is 0.0515. The van der Waals surface area contributed by atoms with Gasteiger partial charge in [-0.2, -0.15) is 9.97 Å². The van der Waals surface area contributed by atoms with E-state index in [9.17, 15) is 4.79 Å². The summed E-state index contributed by atoms with van der Waals surface area (Å²) in [6.07, 6.45) is 1.44. The van der Waals surface area contributed by atoms with Crippen LogP contribution < -0.4 is 5.32 Å². The summed E-state index contributed by atoms with van der Waals surface area (Å²) in [5.41, 5.74) is 1.19. The molecule has 0 aliphatic carbocycles. The van der Waals surface area contributed by atoms with Gasteiger partial charge in [-0.1, -0.05) is 34.8 Å². The first-order valence-corrected chi connectivity index (χ1v) is 6.81. The average Bonchev–Trinajstić information content (AvgIpc) is 2.90. The molecule has 0 bridgehead atoms. The summed E-state index contributed by atoms with van der Waals surface area (Å²) in [4.78, 5) is 26.9. The van der Waals surface area contributed by atoms with Crippen molar-refractivity contribution in [2.24, 2.45) is 0 Å². The topological polar surface area (TPSA) is 83.6 Å². The van der Waals surface area contributed by atoms with Gasteiger partial charge in [0.15, 0.2) is 10.8 Å². The lowest BCUT2D eigenvalue weighted by Crippen LogP contribution is -2.14. The predicted octanol–water partition coefficient (Wildman–Crippen LogP) is 3.57. The number of carbonyl (C=O) groups is 1. The van der Waals surface area contributed by atoms with E-state index in [-0.39, 0.29) is 16.1 Å². The number of halogens is 3. The number of anilines is 1. The molecule has 2 heterocycles. The Labute approximate surface area is 133 Å². The van der Waals surface area contributed by atoms with E-state index in [2.05, 4.69) is 25.3 Å². The van der Waals surface area contributed by atoms with E-state index in [1.165, 1.54) is 24.5 Å². The number of benzene rings is 1. The minimum Gasteiger partial charge on any atom is -0.341 e. The number of carbonyl (C=O) groups excluding carboxylic acids is 1. The number of H-pyrrole nitrogens is 1. The van der Waals surface area contributed by atoms with Crippen LogP contribution in [0.15, 0.2) is 24.5 Å². The highest BCUT2D eigenvalue weighted by Gasteiger charge is 2.13. The molecule has 106 valence electrons. The quantitative estimate of drug-likeness (QED) is 0.697. The molecular formula is C12H6Cl3N5O. The molecule has 0 saturated carbocycles.